The molecule has 0 spiro atoms. The van der Waals surface area contributed by atoms with Gasteiger partial charge in [0.2, 0.25) is 0 Å². The van der Waals surface area contributed by atoms with Crippen LogP contribution in [-0.4, -0.2) is 16.0 Å². The Hall–Kier alpha value is -2.49. The third-order valence-corrected chi connectivity index (χ3v) is 3.50. The van der Waals surface area contributed by atoms with E-state index in [9.17, 15) is 15.0 Å². The number of phenolic OH excluding ortho intramolecular Hbond substituents is 2. The maximum absolute atomic E-state index is 11.4. The number of Topliss-reactive ketones (excluding diaryl/α,β-unsaturated/α-hetero) is 1. The Morgan fingerprint density at radius 2 is 1.90 bits per heavy atom. The highest BCUT2D eigenvalue weighted by Gasteiger charge is 2.19. The van der Waals surface area contributed by atoms with Crippen molar-refractivity contribution in [2.45, 2.75) is 19.8 Å². The summed E-state index contributed by atoms with van der Waals surface area (Å²) in [7, 11) is 0. The summed E-state index contributed by atoms with van der Waals surface area (Å²) in [5.41, 5.74) is 2.24. The van der Waals surface area contributed by atoms with Gasteiger partial charge in [-0.1, -0.05) is 0 Å². The standard InChI is InChI=1S/C16H14O4/c1-9(17)10-3-5-15-11(6-10)2-4-13-14(19)7-12(18)8-16(13)20-15/h3,5-8,18-19H,2,4H2,1H3. The van der Waals surface area contributed by atoms with Crippen molar-refractivity contribution >= 4 is 5.78 Å². The van der Waals surface area contributed by atoms with E-state index in [0.717, 1.165) is 5.56 Å². The van der Waals surface area contributed by atoms with E-state index in [4.69, 9.17) is 4.74 Å². The predicted molar refractivity (Wildman–Crippen MR) is 73.7 cm³/mol. The van der Waals surface area contributed by atoms with E-state index in [0.29, 0.717) is 35.5 Å². The lowest BCUT2D eigenvalue weighted by atomic mass is 10.0. The Bertz CT molecular complexity index is 704. The second-order valence-corrected chi connectivity index (χ2v) is 4.92. The Balaban J connectivity index is 2.07. The molecule has 4 heteroatoms. The lowest BCUT2D eigenvalue weighted by molar-refractivity contribution is 0.101. The van der Waals surface area contributed by atoms with Crippen LogP contribution in [0.3, 0.4) is 0 Å². The Morgan fingerprint density at radius 3 is 2.65 bits per heavy atom. The van der Waals surface area contributed by atoms with Crippen LogP contribution in [0.1, 0.15) is 28.4 Å². The number of ketones is 1. The highest BCUT2D eigenvalue weighted by molar-refractivity contribution is 5.94. The van der Waals surface area contributed by atoms with Crippen LogP contribution in [0.4, 0.5) is 0 Å². The minimum absolute atomic E-state index is 0.00931. The largest absolute Gasteiger partial charge is 0.508 e. The third kappa shape index (κ3) is 2.09. The zero-order chi connectivity index (χ0) is 14.3. The van der Waals surface area contributed by atoms with Crippen LogP contribution in [0.5, 0.6) is 23.0 Å². The average molecular weight is 270 g/mol. The van der Waals surface area contributed by atoms with Crippen molar-refractivity contribution in [3.63, 3.8) is 0 Å². The molecule has 0 fully saturated rings. The molecule has 0 aromatic heterocycles. The van der Waals surface area contributed by atoms with Gasteiger partial charge in [0.15, 0.2) is 5.78 Å². The molecule has 1 aliphatic rings. The highest BCUT2D eigenvalue weighted by atomic mass is 16.5. The quantitative estimate of drug-likeness (QED) is 0.781. The lowest BCUT2D eigenvalue weighted by Gasteiger charge is -2.10. The molecule has 1 heterocycles. The summed E-state index contributed by atoms with van der Waals surface area (Å²) in [4.78, 5) is 11.4. The Morgan fingerprint density at radius 1 is 1.10 bits per heavy atom. The van der Waals surface area contributed by atoms with Crippen LogP contribution in [0.2, 0.25) is 0 Å². The molecule has 102 valence electrons. The summed E-state index contributed by atoms with van der Waals surface area (Å²) >= 11 is 0. The molecule has 2 aromatic carbocycles. The van der Waals surface area contributed by atoms with E-state index in [1.165, 1.54) is 19.1 Å². The molecule has 0 atom stereocenters. The van der Waals surface area contributed by atoms with Gasteiger partial charge in [-0.2, -0.15) is 0 Å². The molecule has 0 bridgehead atoms. The van der Waals surface area contributed by atoms with Gasteiger partial charge in [-0.25, -0.2) is 0 Å². The molecular formula is C16H14O4. The van der Waals surface area contributed by atoms with Crippen LogP contribution < -0.4 is 4.74 Å². The van der Waals surface area contributed by atoms with Gasteiger partial charge in [-0.15, -0.1) is 0 Å². The average Bonchev–Trinajstić information content (AvgIpc) is 2.56. The number of hydrogen-bond donors (Lipinski definition) is 2. The number of rotatable bonds is 1. The van der Waals surface area contributed by atoms with Crippen LogP contribution in [0.15, 0.2) is 30.3 Å². The number of benzene rings is 2. The fourth-order valence-corrected chi connectivity index (χ4v) is 2.43. The summed E-state index contributed by atoms with van der Waals surface area (Å²) in [6, 6.07) is 8.08. The summed E-state index contributed by atoms with van der Waals surface area (Å²) in [5.74, 6) is 1.11. The molecule has 0 saturated carbocycles. The molecule has 0 saturated heterocycles. The molecule has 0 amide bonds. The summed E-state index contributed by atoms with van der Waals surface area (Å²) in [5, 5.41) is 19.4. The van der Waals surface area contributed by atoms with Gasteiger partial charge >= 0.3 is 0 Å². The number of carbonyl (C=O) groups is 1. The fourth-order valence-electron chi connectivity index (χ4n) is 2.43. The number of fused-ring (bicyclic) bond motifs is 2. The van der Waals surface area contributed by atoms with Gasteiger partial charge in [0.25, 0.3) is 0 Å². The second-order valence-electron chi connectivity index (χ2n) is 4.92. The molecular weight excluding hydrogens is 256 g/mol. The first kappa shape index (κ1) is 12.5. The van der Waals surface area contributed by atoms with Crippen LogP contribution in [0.25, 0.3) is 0 Å². The monoisotopic (exact) mass is 270 g/mol. The van der Waals surface area contributed by atoms with Gasteiger partial charge < -0.3 is 14.9 Å². The number of hydrogen-bond acceptors (Lipinski definition) is 4. The van der Waals surface area contributed by atoms with Crippen molar-refractivity contribution in [3.8, 4) is 23.0 Å². The van der Waals surface area contributed by atoms with Gasteiger partial charge in [0.05, 0.1) is 0 Å². The first-order valence-electron chi connectivity index (χ1n) is 6.41. The van der Waals surface area contributed by atoms with E-state index in [1.807, 2.05) is 6.07 Å². The number of ether oxygens (including phenoxy) is 1. The molecule has 3 rings (SSSR count). The molecule has 1 aliphatic heterocycles. The number of aromatic hydroxyl groups is 2. The Kier molecular flexibility index (Phi) is 2.86. The van der Waals surface area contributed by atoms with Gasteiger partial charge in [-0.05, 0) is 43.5 Å². The maximum Gasteiger partial charge on any atom is 0.159 e. The Labute approximate surface area is 116 Å². The van der Waals surface area contributed by atoms with Crippen molar-refractivity contribution in [3.05, 3.63) is 47.0 Å². The van der Waals surface area contributed by atoms with E-state index in [1.54, 1.807) is 12.1 Å². The van der Waals surface area contributed by atoms with Crippen molar-refractivity contribution in [2.75, 3.05) is 0 Å². The second kappa shape index (κ2) is 4.56. The molecule has 20 heavy (non-hydrogen) atoms. The fraction of sp³-hybridized carbons (Fsp3) is 0.188. The first-order valence-corrected chi connectivity index (χ1v) is 6.41. The van der Waals surface area contributed by atoms with Gasteiger partial charge in [0, 0.05) is 23.3 Å². The van der Waals surface area contributed by atoms with Crippen molar-refractivity contribution in [1.29, 1.82) is 0 Å². The summed E-state index contributed by atoms with van der Waals surface area (Å²) in [6.07, 6.45) is 1.26. The van der Waals surface area contributed by atoms with Gasteiger partial charge in [-0.3, -0.25) is 4.79 Å². The topological polar surface area (TPSA) is 66.8 Å². The highest BCUT2D eigenvalue weighted by Crippen LogP contribution is 2.40. The van der Waals surface area contributed by atoms with Crippen LogP contribution in [-0.2, 0) is 12.8 Å². The molecule has 0 aliphatic carbocycles. The van der Waals surface area contributed by atoms with E-state index >= 15 is 0 Å². The molecule has 4 nitrogen and oxygen atoms in total. The number of phenols is 2. The third-order valence-electron chi connectivity index (χ3n) is 3.50. The molecule has 2 N–H and O–H groups in total. The van der Waals surface area contributed by atoms with E-state index in [2.05, 4.69) is 0 Å². The number of carbonyl (C=O) groups excluding carboxylic acids is 1. The summed E-state index contributed by atoms with van der Waals surface area (Å²) in [6.45, 7) is 1.53. The predicted octanol–water partition coefficient (Wildman–Crippen LogP) is 3.19. The van der Waals surface area contributed by atoms with Gasteiger partial charge in [0.1, 0.15) is 23.0 Å². The SMILES string of the molecule is CC(=O)c1ccc2c(c1)CCc1c(O)cc(O)cc1O2. The van der Waals surface area contributed by atoms with E-state index in [-0.39, 0.29) is 17.3 Å². The maximum atomic E-state index is 11.4. The van der Waals surface area contributed by atoms with Crippen molar-refractivity contribution in [1.82, 2.24) is 0 Å². The minimum atomic E-state index is -0.0370. The number of aryl methyl sites for hydroxylation is 1. The molecule has 0 radical (unpaired) electrons. The lowest BCUT2D eigenvalue weighted by Crippen LogP contribution is -1.96. The van der Waals surface area contributed by atoms with E-state index < -0.39 is 0 Å². The van der Waals surface area contributed by atoms with Crippen LogP contribution >= 0.6 is 0 Å². The van der Waals surface area contributed by atoms with Crippen molar-refractivity contribution in [2.24, 2.45) is 0 Å². The summed E-state index contributed by atoms with van der Waals surface area (Å²) < 4.78 is 5.77. The minimum Gasteiger partial charge on any atom is -0.508 e. The van der Waals surface area contributed by atoms with Crippen LogP contribution in [0, 0.1) is 0 Å². The normalized spacial score (nSPS) is 12.8. The molecule has 0 unspecified atom stereocenters. The first-order chi connectivity index (χ1) is 9.54. The molecule has 2 aromatic rings. The van der Waals surface area contributed by atoms with Crippen molar-refractivity contribution < 1.29 is 19.7 Å². The zero-order valence-corrected chi connectivity index (χ0v) is 11.0. The zero-order valence-electron chi connectivity index (χ0n) is 11.0. The smallest absolute Gasteiger partial charge is 0.159 e.